The Morgan fingerprint density at radius 3 is 2.50 bits per heavy atom. The molecule has 22 heavy (non-hydrogen) atoms. The van der Waals surface area contributed by atoms with Crippen molar-refractivity contribution < 1.29 is 19.1 Å². The fourth-order valence-corrected chi connectivity index (χ4v) is 2.59. The van der Waals surface area contributed by atoms with Crippen LogP contribution in [0.2, 0.25) is 0 Å². The van der Waals surface area contributed by atoms with E-state index in [9.17, 15) is 9.59 Å². The van der Waals surface area contributed by atoms with Crippen LogP contribution in [0.25, 0.3) is 11.0 Å². The normalized spacial score (nSPS) is 11.6. The summed E-state index contributed by atoms with van der Waals surface area (Å²) in [5, 5.41) is 12.8. The van der Waals surface area contributed by atoms with Crippen molar-refractivity contribution in [1.82, 2.24) is 5.32 Å². The average molecular weight is 303 g/mol. The molecule has 0 unspecified atom stereocenters. The number of furan rings is 1. The third-order valence-corrected chi connectivity index (χ3v) is 4.12. The maximum absolute atomic E-state index is 12.4. The molecule has 0 fully saturated rings. The first-order valence-corrected chi connectivity index (χ1v) is 7.43. The van der Waals surface area contributed by atoms with E-state index in [-0.39, 0.29) is 18.1 Å². The number of hydrogen-bond donors (Lipinski definition) is 2. The summed E-state index contributed by atoms with van der Waals surface area (Å²) in [7, 11) is 0. The van der Waals surface area contributed by atoms with Gasteiger partial charge in [-0.05, 0) is 38.0 Å². The van der Waals surface area contributed by atoms with E-state index in [1.807, 2.05) is 39.0 Å². The van der Waals surface area contributed by atoms with Gasteiger partial charge in [0.05, 0.1) is 12.0 Å². The first-order valence-electron chi connectivity index (χ1n) is 7.43. The lowest BCUT2D eigenvalue weighted by atomic mass is 9.89. The van der Waals surface area contributed by atoms with Gasteiger partial charge in [0.1, 0.15) is 5.58 Å². The molecule has 5 nitrogen and oxygen atoms in total. The Hall–Kier alpha value is -2.30. The van der Waals surface area contributed by atoms with Gasteiger partial charge in [0.2, 0.25) is 0 Å². The second kappa shape index (κ2) is 6.22. The second-order valence-electron chi connectivity index (χ2n) is 5.66. The molecule has 2 aromatic rings. The number of rotatable bonds is 6. The number of aliphatic carboxylic acids is 1. The quantitative estimate of drug-likeness (QED) is 0.856. The van der Waals surface area contributed by atoms with Crippen molar-refractivity contribution >= 4 is 22.8 Å². The fraction of sp³-hybridized carbons (Fsp3) is 0.412. The highest BCUT2D eigenvalue weighted by Crippen LogP contribution is 2.24. The topological polar surface area (TPSA) is 79.5 Å². The number of carboxylic acids is 1. The monoisotopic (exact) mass is 303 g/mol. The molecular formula is C17H21NO4. The zero-order chi connectivity index (χ0) is 16.3. The van der Waals surface area contributed by atoms with Crippen molar-refractivity contribution in [3.05, 3.63) is 35.6 Å². The molecule has 1 aromatic heterocycles. The fourth-order valence-electron chi connectivity index (χ4n) is 2.59. The summed E-state index contributed by atoms with van der Waals surface area (Å²) in [4.78, 5) is 23.5. The molecule has 118 valence electrons. The van der Waals surface area contributed by atoms with Crippen LogP contribution in [0.1, 0.15) is 49.2 Å². The number of amides is 1. The van der Waals surface area contributed by atoms with Crippen LogP contribution in [0.5, 0.6) is 0 Å². The third-order valence-electron chi connectivity index (χ3n) is 4.12. The Morgan fingerprint density at radius 2 is 1.91 bits per heavy atom. The largest absolute Gasteiger partial charge is 0.481 e. The van der Waals surface area contributed by atoms with Crippen molar-refractivity contribution in [2.75, 3.05) is 0 Å². The molecule has 1 heterocycles. The average Bonchev–Trinajstić information content (AvgIpc) is 2.89. The molecule has 0 bridgehead atoms. The first-order chi connectivity index (χ1) is 10.4. The Labute approximate surface area is 129 Å². The van der Waals surface area contributed by atoms with Gasteiger partial charge in [-0.3, -0.25) is 9.59 Å². The van der Waals surface area contributed by atoms with Gasteiger partial charge < -0.3 is 14.8 Å². The van der Waals surface area contributed by atoms with Crippen LogP contribution in [0.3, 0.4) is 0 Å². The molecule has 0 aliphatic carbocycles. The summed E-state index contributed by atoms with van der Waals surface area (Å²) in [6.07, 6.45) is 0.979. The van der Waals surface area contributed by atoms with E-state index in [1.54, 1.807) is 6.07 Å². The SMILES string of the molecule is CCC(CC)(CC(=O)O)NC(=O)c1cc2cc(C)ccc2o1. The minimum absolute atomic E-state index is 0.106. The Balaban J connectivity index is 2.26. The second-order valence-corrected chi connectivity index (χ2v) is 5.66. The van der Waals surface area contributed by atoms with Crippen LogP contribution in [0.15, 0.2) is 28.7 Å². The molecule has 1 aromatic carbocycles. The van der Waals surface area contributed by atoms with Crippen molar-refractivity contribution in [2.45, 2.75) is 45.6 Å². The van der Waals surface area contributed by atoms with E-state index >= 15 is 0 Å². The number of carbonyl (C=O) groups excluding carboxylic acids is 1. The van der Waals surface area contributed by atoms with Gasteiger partial charge in [-0.1, -0.05) is 25.5 Å². The van der Waals surface area contributed by atoms with Crippen LogP contribution in [0, 0.1) is 6.92 Å². The van der Waals surface area contributed by atoms with E-state index in [0.717, 1.165) is 10.9 Å². The van der Waals surface area contributed by atoms with Crippen LogP contribution < -0.4 is 5.32 Å². The van der Waals surface area contributed by atoms with Crippen molar-refractivity contribution in [3.8, 4) is 0 Å². The van der Waals surface area contributed by atoms with Crippen LogP contribution in [0.4, 0.5) is 0 Å². The molecule has 0 radical (unpaired) electrons. The highest BCUT2D eigenvalue weighted by molar-refractivity contribution is 5.96. The summed E-state index contributed by atoms with van der Waals surface area (Å²) in [6.45, 7) is 5.71. The van der Waals surface area contributed by atoms with E-state index in [0.29, 0.717) is 18.4 Å². The molecule has 0 atom stereocenters. The number of nitrogens with one attached hydrogen (secondary N) is 1. The smallest absolute Gasteiger partial charge is 0.305 e. The molecule has 0 aliphatic rings. The van der Waals surface area contributed by atoms with Gasteiger partial charge in [0.15, 0.2) is 5.76 Å². The van der Waals surface area contributed by atoms with Gasteiger partial charge in [-0.15, -0.1) is 0 Å². The summed E-state index contributed by atoms with van der Waals surface area (Å²) in [5.74, 6) is -1.10. The van der Waals surface area contributed by atoms with Crippen LogP contribution in [-0.2, 0) is 4.79 Å². The molecule has 0 aliphatic heterocycles. The van der Waals surface area contributed by atoms with E-state index in [4.69, 9.17) is 9.52 Å². The molecular weight excluding hydrogens is 282 g/mol. The number of benzene rings is 1. The summed E-state index contributed by atoms with van der Waals surface area (Å²) in [6, 6.07) is 7.38. The number of aryl methyl sites for hydroxylation is 1. The molecule has 0 spiro atoms. The van der Waals surface area contributed by atoms with Crippen molar-refractivity contribution in [1.29, 1.82) is 0 Å². The van der Waals surface area contributed by atoms with Crippen LogP contribution in [-0.4, -0.2) is 22.5 Å². The Bertz CT molecular complexity index is 698. The van der Waals surface area contributed by atoms with Crippen molar-refractivity contribution in [3.63, 3.8) is 0 Å². The zero-order valence-corrected chi connectivity index (χ0v) is 13.1. The summed E-state index contributed by atoms with van der Waals surface area (Å²) >= 11 is 0. The number of hydrogen-bond acceptors (Lipinski definition) is 3. The standard InChI is InChI=1S/C17H21NO4/c1-4-17(5-2,10-15(19)20)18-16(21)14-9-12-8-11(3)6-7-13(12)22-14/h6-9H,4-5,10H2,1-3H3,(H,18,21)(H,19,20). The van der Waals surface area contributed by atoms with E-state index < -0.39 is 11.5 Å². The lowest BCUT2D eigenvalue weighted by Crippen LogP contribution is -2.49. The van der Waals surface area contributed by atoms with Gasteiger partial charge >= 0.3 is 5.97 Å². The molecule has 2 rings (SSSR count). The first kappa shape index (κ1) is 16.1. The maximum Gasteiger partial charge on any atom is 0.305 e. The Kier molecular flexibility index (Phi) is 4.54. The van der Waals surface area contributed by atoms with Gasteiger partial charge in [-0.2, -0.15) is 0 Å². The molecule has 1 amide bonds. The predicted molar refractivity (Wildman–Crippen MR) is 84.0 cm³/mol. The molecule has 2 N–H and O–H groups in total. The van der Waals surface area contributed by atoms with Gasteiger partial charge in [0, 0.05) is 5.39 Å². The summed E-state index contributed by atoms with van der Waals surface area (Å²) < 4.78 is 5.57. The van der Waals surface area contributed by atoms with E-state index in [1.165, 1.54) is 0 Å². The Morgan fingerprint density at radius 1 is 1.23 bits per heavy atom. The number of carboxylic acid groups (broad SMARTS) is 1. The molecule has 5 heteroatoms. The molecule has 0 saturated heterocycles. The predicted octanol–water partition coefficient (Wildman–Crippen LogP) is 3.50. The number of fused-ring (bicyclic) bond motifs is 1. The highest BCUT2D eigenvalue weighted by atomic mass is 16.4. The van der Waals surface area contributed by atoms with E-state index in [2.05, 4.69) is 5.32 Å². The minimum atomic E-state index is -0.927. The molecule has 0 saturated carbocycles. The van der Waals surface area contributed by atoms with Gasteiger partial charge in [-0.25, -0.2) is 0 Å². The van der Waals surface area contributed by atoms with Crippen LogP contribution >= 0.6 is 0 Å². The van der Waals surface area contributed by atoms with Crippen molar-refractivity contribution in [2.24, 2.45) is 0 Å². The lowest BCUT2D eigenvalue weighted by molar-refractivity contribution is -0.138. The lowest BCUT2D eigenvalue weighted by Gasteiger charge is -2.30. The maximum atomic E-state index is 12.4. The van der Waals surface area contributed by atoms with Gasteiger partial charge in [0.25, 0.3) is 5.91 Å². The minimum Gasteiger partial charge on any atom is -0.481 e. The zero-order valence-electron chi connectivity index (χ0n) is 13.1. The third kappa shape index (κ3) is 3.30. The highest BCUT2D eigenvalue weighted by Gasteiger charge is 2.32. The summed E-state index contributed by atoms with van der Waals surface area (Å²) in [5.41, 5.74) is 0.979. The number of carbonyl (C=O) groups is 2.